The van der Waals surface area contributed by atoms with Crippen molar-refractivity contribution >= 4 is 53.2 Å². The van der Waals surface area contributed by atoms with Gasteiger partial charge in [0.05, 0.1) is 22.7 Å². The molecule has 4 N–H and O–H groups in total. The van der Waals surface area contributed by atoms with E-state index in [0.29, 0.717) is 22.3 Å². The van der Waals surface area contributed by atoms with Crippen LogP contribution in [0.3, 0.4) is 0 Å². The topological polar surface area (TPSA) is 199 Å². The van der Waals surface area contributed by atoms with Crippen LogP contribution in [0.2, 0.25) is 10.0 Å². The van der Waals surface area contributed by atoms with E-state index in [1.54, 1.807) is 121 Å². The molecule has 0 radical (unpaired) electrons. The maximum atomic E-state index is 14.9. The fraction of sp³-hybridized carbons (Fsp3) is 0.255. The molecule has 3 amide bonds. The first-order chi connectivity index (χ1) is 34.9. The highest BCUT2D eigenvalue weighted by Crippen LogP contribution is 2.42. The zero-order chi connectivity index (χ0) is 50.9. The van der Waals surface area contributed by atoms with E-state index in [4.69, 9.17) is 46.9 Å². The summed E-state index contributed by atoms with van der Waals surface area (Å²) in [7, 11) is 0. The highest BCUT2D eigenvalue weighted by atomic mass is 35.5. The van der Waals surface area contributed by atoms with E-state index in [1.165, 1.54) is 12.1 Å². The Morgan fingerprint density at radius 1 is 0.611 bits per heavy atom. The molecule has 0 aliphatic carbocycles. The Morgan fingerprint density at radius 3 is 1.54 bits per heavy atom. The number of esters is 2. The van der Waals surface area contributed by atoms with E-state index in [9.17, 15) is 34.2 Å². The Morgan fingerprint density at radius 2 is 1.06 bits per heavy atom. The molecule has 1 heterocycles. The summed E-state index contributed by atoms with van der Waals surface area (Å²) in [5.74, 6) is -2.70. The molecule has 6 aromatic rings. The lowest BCUT2D eigenvalue weighted by Crippen LogP contribution is -2.68. The standard InChI is InChI=1S/C55H53Cl2N3O12/c56-44-28-42(29-45(57)48(44)68-32-37-16-6-1-7-17-37)50(63)58-46(51(64)69-33-38-18-8-2-9-19-38)30-43-26-27-55(52(65)70-34-39-20-10-3-11-21-39,60(43)54(67)72-36-41-24-14-5-15-25-41)49(62)47(31-61)59-53(66)71-35-40-22-12-4-13-23-40/h1-25,28-29,43,46-47,49,61-62H,26-27,30-36H2,(H,58,63)(H,59,66)/t43-,46+,47+,49+,55-/m1/s1. The lowest BCUT2D eigenvalue weighted by atomic mass is 9.85. The monoisotopic (exact) mass is 1020 g/mol. The van der Waals surface area contributed by atoms with E-state index < -0.39 is 72.8 Å². The molecule has 6 aromatic carbocycles. The van der Waals surface area contributed by atoms with Crippen molar-refractivity contribution in [2.24, 2.45) is 0 Å². The number of aliphatic hydroxyl groups excluding tert-OH is 2. The SMILES string of the molecule is O=C(N[C@@H](CO)[C@H](O)[C@@]1(C(=O)OCc2ccccc2)CC[C@H](C[C@H](NC(=O)c2cc(Cl)c(OCc3ccccc3)c(Cl)c2)C(=O)OCc2ccccc2)N1C(=O)OCc1ccccc1)OCc1ccccc1. The molecule has 0 aromatic heterocycles. The quantitative estimate of drug-likeness (QED) is 0.0396. The van der Waals surface area contributed by atoms with Gasteiger partial charge < -0.3 is 44.5 Å². The van der Waals surface area contributed by atoms with E-state index in [-0.39, 0.29) is 67.2 Å². The Bertz CT molecular complexity index is 2720. The molecule has 72 heavy (non-hydrogen) atoms. The summed E-state index contributed by atoms with van der Waals surface area (Å²) in [5, 5.41) is 28.5. The minimum Gasteiger partial charge on any atom is -0.486 e. The highest BCUT2D eigenvalue weighted by Gasteiger charge is 2.62. The first-order valence-corrected chi connectivity index (χ1v) is 23.8. The number of hydrogen-bond acceptors (Lipinski definition) is 12. The number of alkyl carbamates (subject to hydrolysis) is 1. The molecule has 1 fully saturated rings. The van der Waals surface area contributed by atoms with Crippen LogP contribution in [0.4, 0.5) is 9.59 Å². The van der Waals surface area contributed by atoms with Crippen molar-refractivity contribution in [2.75, 3.05) is 6.61 Å². The van der Waals surface area contributed by atoms with Crippen LogP contribution in [-0.2, 0) is 61.6 Å². The van der Waals surface area contributed by atoms with Crippen LogP contribution in [0, 0.1) is 0 Å². The van der Waals surface area contributed by atoms with Gasteiger partial charge in [-0.05, 0) is 59.2 Å². The Balaban J connectivity index is 1.22. The van der Waals surface area contributed by atoms with Crippen LogP contribution in [0.25, 0.3) is 0 Å². The predicted molar refractivity (Wildman–Crippen MR) is 266 cm³/mol. The van der Waals surface area contributed by atoms with E-state index >= 15 is 0 Å². The van der Waals surface area contributed by atoms with E-state index in [1.807, 2.05) is 30.3 Å². The number of aliphatic hydroxyl groups is 2. The number of ether oxygens (including phenoxy) is 5. The summed E-state index contributed by atoms with van der Waals surface area (Å²) in [6.45, 7) is -1.73. The minimum atomic E-state index is -2.40. The van der Waals surface area contributed by atoms with Gasteiger partial charge in [-0.25, -0.2) is 19.2 Å². The van der Waals surface area contributed by atoms with Crippen molar-refractivity contribution in [3.63, 3.8) is 0 Å². The molecule has 0 unspecified atom stereocenters. The van der Waals surface area contributed by atoms with Crippen molar-refractivity contribution < 1.29 is 57.9 Å². The van der Waals surface area contributed by atoms with Crippen molar-refractivity contribution in [2.45, 2.75) is 82.1 Å². The first kappa shape index (κ1) is 52.4. The van der Waals surface area contributed by atoms with Crippen LogP contribution >= 0.6 is 23.2 Å². The summed E-state index contributed by atoms with van der Waals surface area (Å²) < 4.78 is 28.9. The van der Waals surface area contributed by atoms with Gasteiger partial charge in [-0.15, -0.1) is 0 Å². The number of carbonyl (C=O) groups excluding carboxylic acids is 5. The second kappa shape index (κ2) is 25.6. The number of halogens is 2. The first-order valence-electron chi connectivity index (χ1n) is 23.1. The smallest absolute Gasteiger partial charge is 0.411 e. The van der Waals surface area contributed by atoms with E-state index in [0.717, 1.165) is 10.5 Å². The maximum absolute atomic E-state index is 14.9. The molecule has 0 spiro atoms. The molecule has 0 saturated carbocycles. The van der Waals surface area contributed by atoms with Gasteiger partial charge in [0.15, 0.2) is 11.3 Å². The molecule has 5 atom stereocenters. The van der Waals surface area contributed by atoms with Crippen molar-refractivity contribution in [1.29, 1.82) is 0 Å². The summed E-state index contributed by atoms with van der Waals surface area (Å²) in [4.78, 5) is 72.6. The molecule has 374 valence electrons. The van der Waals surface area contributed by atoms with Crippen LogP contribution in [0.15, 0.2) is 164 Å². The molecular weight excluding hydrogens is 966 g/mol. The fourth-order valence-corrected chi connectivity index (χ4v) is 8.93. The third kappa shape index (κ3) is 13.7. The van der Waals surface area contributed by atoms with Crippen LogP contribution < -0.4 is 15.4 Å². The second-order valence-electron chi connectivity index (χ2n) is 16.9. The molecule has 1 saturated heterocycles. The van der Waals surface area contributed by atoms with Gasteiger partial charge in [-0.1, -0.05) is 175 Å². The molecule has 7 rings (SSSR count). The van der Waals surface area contributed by atoms with Crippen LogP contribution in [0.5, 0.6) is 5.75 Å². The third-order valence-corrected chi connectivity index (χ3v) is 12.6. The molecule has 0 bridgehead atoms. The van der Waals surface area contributed by atoms with Gasteiger partial charge in [0, 0.05) is 11.6 Å². The Hall–Kier alpha value is -7.43. The Kier molecular flexibility index (Phi) is 18.6. The van der Waals surface area contributed by atoms with Crippen LogP contribution in [0.1, 0.15) is 57.4 Å². The summed E-state index contributed by atoms with van der Waals surface area (Å²) >= 11 is 13.3. The summed E-state index contributed by atoms with van der Waals surface area (Å²) in [5.41, 5.74) is 0.851. The van der Waals surface area contributed by atoms with E-state index in [2.05, 4.69) is 10.6 Å². The van der Waals surface area contributed by atoms with Crippen molar-refractivity contribution in [3.8, 4) is 5.75 Å². The number of amides is 3. The summed E-state index contributed by atoms with van der Waals surface area (Å²) in [6.07, 6.45) is -5.09. The average molecular weight is 1020 g/mol. The second-order valence-corrected chi connectivity index (χ2v) is 17.7. The summed E-state index contributed by atoms with van der Waals surface area (Å²) in [6, 6.07) is 42.5. The minimum absolute atomic E-state index is 0.0127. The molecule has 1 aliphatic rings. The fourth-order valence-electron chi connectivity index (χ4n) is 8.33. The number of likely N-dealkylation sites (tertiary alicyclic amines) is 1. The van der Waals surface area contributed by atoms with Gasteiger partial charge in [0.25, 0.3) is 5.91 Å². The molecular formula is C55H53Cl2N3O12. The van der Waals surface area contributed by atoms with Crippen molar-refractivity contribution in [1.82, 2.24) is 15.5 Å². The van der Waals surface area contributed by atoms with Gasteiger partial charge >= 0.3 is 24.1 Å². The lowest BCUT2D eigenvalue weighted by molar-refractivity contribution is -0.168. The number of rotatable bonds is 21. The highest BCUT2D eigenvalue weighted by molar-refractivity contribution is 6.37. The third-order valence-electron chi connectivity index (χ3n) is 12.0. The average Bonchev–Trinajstić information content (AvgIpc) is 3.80. The van der Waals surface area contributed by atoms with Gasteiger partial charge in [-0.2, -0.15) is 0 Å². The van der Waals surface area contributed by atoms with Crippen molar-refractivity contribution in [3.05, 3.63) is 207 Å². The van der Waals surface area contributed by atoms with Gasteiger partial charge in [-0.3, -0.25) is 9.69 Å². The molecule has 15 nitrogen and oxygen atoms in total. The Labute approximate surface area is 426 Å². The maximum Gasteiger partial charge on any atom is 0.411 e. The van der Waals surface area contributed by atoms with Gasteiger partial charge in [0.1, 0.15) is 45.2 Å². The zero-order valence-electron chi connectivity index (χ0n) is 38.9. The zero-order valence-corrected chi connectivity index (χ0v) is 40.5. The number of nitrogens with one attached hydrogen (secondary N) is 2. The van der Waals surface area contributed by atoms with Crippen LogP contribution in [-0.4, -0.2) is 81.5 Å². The predicted octanol–water partition coefficient (Wildman–Crippen LogP) is 8.74. The van der Waals surface area contributed by atoms with Gasteiger partial charge in [0.2, 0.25) is 0 Å². The number of hydrogen-bond donors (Lipinski definition) is 4. The largest absolute Gasteiger partial charge is 0.486 e. The lowest BCUT2D eigenvalue weighted by Gasteiger charge is -2.43. The normalized spacial score (nSPS) is 16.3. The number of benzene rings is 6. The molecule has 17 heteroatoms. The number of carbonyl (C=O) groups is 5. The number of nitrogens with zero attached hydrogens (tertiary/aromatic N) is 1. The molecule has 1 aliphatic heterocycles.